The molecule has 0 atom stereocenters. The summed E-state index contributed by atoms with van der Waals surface area (Å²) in [6, 6.07) is 13.7. The molecule has 1 heterocycles. The van der Waals surface area contributed by atoms with Crippen molar-refractivity contribution in [2.24, 2.45) is 0 Å². The number of rotatable bonds is 5. The Labute approximate surface area is 145 Å². The fourth-order valence-electron chi connectivity index (χ4n) is 2.62. The van der Waals surface area contributed by atoms with E-state index in [-0.39, 0.29) is 12.5 Å². The van der Waals surface area contributed by atoms with Gasteiger partial charge in [-0.3, -0.25) is 10.1 Å². The lowest BCUT2D eigenvalue weighted by Crippen LogP contribution is -2.20. The second-order valence-electron chi connectivity index (χ2n) is 6.00. The number of nitrogens with one attached hydrogen (secondary N) is 1. The maximum Gasteiger partial charge on any atom is 0.264 e. The standard InChI is InChI=1S/C19H20N2O2S/c1-12(2)15-9-8-14(10-13(15)3)23-11-18(22)21-19-20-16-6-4-5-7-17(16)24-19/h4-10,12H,11H2,1-3H3,(H,20,21,22). The molecule has 1 N–H and O–H groups in total. The van der Waals surface area contributed by atoms with Crippen molar-refractivity contribution in [3.63, 3.8) is 0 Å². The minimum atomic E-state index is -0.209. The molecule has 0 aliphatic rings. The second-order valence-corrected chi connectivity index (χ2v) is 7.03. The maximum absolute atomic E-state index is 12.1. The van der Waals surface area contributed by atoms with Gasteiger partial charge in [-0.15, -0.1) is 0 Å². The molecule has 0 unspecified atom stereocenters. The van der Waals surface area contributed by atoms with Gasteiger partial charge >= 0.3 is 0 Å². The summed E-state index contributed by atoms with van der Waals surface area (Å²) in [6.45, 7) is 6.35. The molecule has 0 radical (unpaired) electrons. The molecule has 24 heavy (non-hydrogen) atoms. The van der Waals surface area contributed by atoms with Crippen molar-refractivity contribution in [1.29, 1.82) is 0 Å². The van der Waals surface area contributed by atoms with Crippen LogP contribution in [0.2, 0.25) is 0 Å². The molecular weight excluding hydrogens is 320 g/mol. The van der Waals surface area contributed by atoms with Crippen LogP contribution in [0.15, 0.2) is 42.5 Å². The zero-order valence-electron chi connectivity index (χ0n) is 14.0. The number of aromatic nitrogens is 1. The summed E-state index contributed by atoms with van der Waals surface area (Å²) >= 11 is 1.46. The molecular formula is C19H20N2O2S. The van der Waals surface area contributed by atoms with Gasteiger partial charge in [-0.2, -0.15) is 0 Å². The SMILES string of the molecule is Cc1cc(OCC(=O)Nc2nc3ccccc3s2)ccc1C(C)C. The van der Waals surface area contributed by atoms with E-state index in [1.165, 1.54) is 22.5 Å². The third-order valence-corrected chi connectivity index (χ3v) is 4.73. The Balaban J connectivity index is 1.60. The minimum absolute atomic E-state index is 0.0314. The summed E-state index contributed by atoms with van der Waals surface area (Å²) in [4.78, 5) is 16.4. The number of para-hydroxylation sites is 1. The number of fused-ring (bicyclic) bond motifs is 1. The molecule has 0 aliphatic heterocycles. The summed E-state index contributed by atoms with van der Waals surface area (Å²) < 4.78 is 6.64. The first-order valence-electron chi connectivity index (χ1n) is 7.91. The normalized spacial score (nSPS) is 11.0. The van der Waals surface area contributed by atoms with Crippen molar-refractivity contribution in [2.45, 2.75) is 26.7 Å². The molecule has 0 bridgehead atoms. The van der Waals surface area contributed by atoms with Crippen molar-refractivity contribution < 1.29 is 9.53 Å². The molecule has 5 heteroatoms. The first-order valence-corrected chi connectivity index (χ1v) is 8.73. The Morgan fingerprint density at radius 3 is 2.75 bits per heavy atom. The number of hydrogen-bond acceptors (Lipinski definition) is 4. The lowest BCUT2D eigenvalue weighted by Gasteiger charge is -2.12. The molecule has 124 valence electrons. The topological polar surface area (TPSA) is 51.2 Å². The van der Waals surface area contributed by atoms with Gasteiger partial charge < -0.3 is 4.74 Å². The highest BCUT2D eigenvalue weighted by Gasteiger charge is 2.09. The van der Waals surface area contributed by atoms with Crippen molar-refractivity contribution in [2.75, 3.05) is 11.9 Å². The lowest BCUT2D eigenvalue weighted by molar-refractivity contribution is -0.118. The van der Waals surface area contributed by atoms with E-state index < -0.39 is 0 Å². The number of benzene rings is 2. The van der Waals surface area contributed by atoms with E-state index in [0.717, 1.165) is 10.2 Å². The summed E-state index contributed by atoms with van der Waals surface area (Å²) in [5, 5.41) is 3.38. The smallest absolute Gasteiger partial charge is 0.264 e. The molecule has 3 rings (SSSR count). The van der Waals surface area contributed by atoms with E-state index in [0.29, 0.717) is 16.8 Å². The van der Waals surface area contributed by atoms with Crippen molar-refractivity contribution in [3.8, 4) is 5.75 Å². The van der Waals surface area contributed by atoms with Crippen LogP contribution in [0.3, 0.4) is 0 Å². The Kier molecular flexibility index (Phi) is 4.81. The van der Waals surface area contributed by atoms with E-state index in [2.05, 4.69) is 37.1 Å². The molecule has 1 aromatic heterocycles. The highest BCUT2D eigenvalue weighted by Crippen LogP contribution is 2.26. The number of nitrogens with zero attached hydrogens (tertiary/aromatic N) is 1. The summed E-state index contributed by atoms with van der Waals surface area (Å²) in [7, 11) is 0. The summed E-state index contributed by atoms with van der Waals surface area (Å²) in [5.74, 6) is 0.970. The van der Waals surface area contributed by atoms with Gasteiger partial charge in [0.1, 0.15) is 5.75 Å². The fraction of sp³-hybridized carbons (Fsp3) is 0.263. The zero-order valence-corrected chi connectivity index (χ0v) is 14.8. The zero-order chi connectivity index (χ0) is 17.1. The van der Waals surface area contributed by atoms with Crippen LogP contribution < -0.4 is 10.1 Å². The predicted molar refractivity (Wildman–Crippen MR) is 99.0 cm³/mol. The number of carbonyl (C=O) groups is 1. The van der Waals surface area contributed by atoms with Crippen LogP contribution in [-0.4, -0.2) is 17.5 Å². The lowest BCUT2D eigenvalue weighted by atomic mass is 9.98. The van der Waals surface area contributed by atoms with Crippen LogP contribution in [0.25, 0.3) is 10.2 Å². The third kappa shape index (κ3) is 3.74. The average molecular weight is 340 g/mol. The fourth-order valence-corrected chi connectivity index (χ4v) is 3.50. The number of ether oxygens (including phenoxy) is 1. The number of aryl methyl sites for hydroxylation is 1. The summed E-state index contributed by atoms with van der Waals surface area (Å²) in [6.07, 6.45) is 0. The van der Waals surface area contributed by atoms with E-state index in [1.54, 1.807) is 0 Å². The van der Waals surface area contributed by atoms with E-state index >= 15 is 0 Å². The number of carbonyl (C=O) groups excluding carboxylic acids is 1. The van der Waals surface area contributed by atoms with Gasteiger partial charge in [0.05, 0.1) is 10.2 Å². The van der Waals surface area contributed by atoms with Crippen LogP contribution in [0.1, 0.15) is 30.9 Å². The molecule has 4 nitrogen and oxygen atoms in total. The van der Waals surface area contributed by atoms with Crippen LogP contribution in [-0.2, 0) is 4.79 Å². The van der Waals surface area contributed by atoms with Gasteiger partial charge in [-0.25, -0.2) is 4.98 Å². The highest BCUT2D eigenvalue weighted by atomic mass is 32.1. The van der Waals surface area contributed by atoms with E-state index in [4.69, 9.17) is 4.74 Å². The first-order chi connectivity index (χ1) is 11.5. The average Bonchev–Trinajstić information content (AvgIpc) is 2.94. The van der Waals surface area contributed by atoms with Gasteiger partial charge in [0.15, 0.2) is 11.7 Å². The molecule has 0 saturated carbocycles. The molecule has 0 fully saturated rings. The number of amides is 1. The van der Waals surface area contributed by atoms with Crippen molar-refractivity contribution in [1.82, 2.24) is 4.98 Å². The number of anilines is 1. The Hall–Kier alpha value is -2.40. The Bertz CT molecular complexity index is 838. The van der Waals surface area contributed by atoms with Gasteiger partial charge in [-0.05, 0) is 48.2 Å². The van der Waals surface area contributed by atoms with Crippen LogP contribution >= 0.6 is 11.3 Å². The van der Waals surface area contributed by atoms with Gasteiger partial charge in [0.25, 0.3) is 5.91 Å². The minimum Gasteiger partial charge on any atom is -0.484 e. The molecule has 0 aliphatic carbocycles. The molecule has 2 aromatic carbocycles. The van der Waals surface area contributed by atoms with Gasteiger partial charge in [0, 0.05) is 0 Å². The van der Waals surface area contributed by atoms with Crippen LogP contribution in [0.5, 0.6) is 5.75 Å². The molecule has 0 spiro atoms. The molecule has 0 saturated heterocycles. The number of hydrogen-bond donors (Lipinski definition) is 1. The van der Waals surface area contributed by atoms with Gasteiger partial charge in [0.2, 0.25) is 0 Å². The van der Waals surface area contributed by atoms with Crippen molar-refractivity contribution in [3.05, 3.63) is 53.6 Å². The van der Waals surface area contributed by atoms with E-state index in [1.807, 2.05) is 36.4 Å². The van der Waals surface area contributed by atoms with Gasteiger partial charge in [-0.1, -0.05) is 43.4 Å². The largest absolute Gasteiger partial charge is 0.484 e. The highest BCUT2D eigenvalue weighted by molar-refractivity contribution is 7.22. The Morgan fingerprint density at radius 2 is 2.04 bits per heavy atom. The monoisotopic (exact) mass is 340 g/mol. The van der Waals surface area contributed by atoms with Crippen LogP contribution in [0, 0.1) is 6.92 Å². The number of thiazole rings is 1. The molecule has 1 amide bonds. The third-order valence-electron chi connectivity index (χ3n) is 3.77. The maximum atomic E-state index is 12.1. The first kappa shape index (κ1) is 16.5. The second kappa shape index (κ2) is 7.01. The molecule has 3 aromatic rings. The Morgan fingerprint density at radius 1 is 1.25 bits per heavy atom. The van der Waals surface area contributed by atoms with Crippen molar-refractivity contribution >= 4 is 32.6 Å². The quantitative estimate of drug-likeness (QED) is 0.729. The van der Waals surface area contributed by atoms with Crippen LogP contribution in [0.4, 0.5) is 5.13 Å². The summed E-state index contributed by atoms with van der Waals surface area (Å²) in [5.41, 5.74) is 3.36. The predicted octanol–water partition coefficient (Wildman–Crippen LogP) is 4.75. The van der Waals surface area contributed by atoms with E-state index in [9.17, 15) is 4.79 Å².